The summed E-state index contributed by atoms with van der Waals surface area (Å²) in [6, 6.07) is 5.66. The maximum Gasteiger partial charge on any atom is 0.414 e. The van der Waals surface area contributed by atoms with Crippen molar-refractivity contribution in [1.29, 1.82) is 0 Å². The standard InChI is InChI=1S/C18H20N4O4S/c1-10(23)19-8-12-9-22(18(24)26-12)11-3-4-13-15(7-11)25-6-5-14-16(13)20-21-17(14)27-2/h3-4,7,12H,5-6,8-9H2,1-2H3,(H,19,23)(H,20,21). The van der Waals surface area contributed by atoms with Gasteiger partial charge in [-0.15, -0.1) is 11.8 Å². The minimum atomic E-state index is -0.425. The van der Waals surface area contributed by atoms with E-state index >= 15 is 0 Å². The molecular weight excluding hydrogens is 368 g/mol. The van der Waals surface area contributed by atoms with E-state index in [1.165, 1.54) is 6.92 Å². The Kier molecular flexibility index (Phi) is 4.69. The molecule has 2 N–H and O–H groups in total. The van der Waals surface area contributed by atoms with Crippen LogP contribution in [0.5, 0.6) is 5.75 Å². The van der Waals surface area contributed by atoms with Crippen molar-refractivity contribution in [3.05, 3.63) is 23.8 Å². The van der Waals surface area contributed by atoms with Crippen LogP contribution in [-0.2, 0) is 16.0 Å². The Hall–Kier alpha value is -2.68. The highest BCUT2D eigenvalue weighted by molar-refractivity contribution is 7.98. The van der Waals surface area contributed by atoms with Gasteiger partial charge in [0.25, 0.3) is 0 Å². The molecule has 27 heavy (non-hydrogen) atoms. The summed E-state index contributed by atoms with van der Waals surface area (Å²) in [7, 11) is 0. The van der Waals surface area contributed by atoms with E-state index < -0.39 is 6.09 Å². The number of nitrogens with one attached hydrogen (secondary N) is 2. The van der Waals surface area contributed by atoms with Crippen LogP contribution in [0.4, 0.5) is 10.5 Å². The maximum atomic E-state index is 12.2. The number of nitrogens with zero attached hydrogens (tertiary/aromatic N) is 2. The number of benzene rings is 1. The lowest BCUT2D eigenvalue weighted by molar-refractivity contribution is -0.119. The predicted octanol–water partition coefficient (Wildman–Crippen LogP) is 2.19. The second-order valence-corrected chi connectivity index (χ2v) is 7.21. The molecule has 9 heteroatoms. The zero-order chi connectivity index (χ0) is 19.0. The zero-order valence-electron chi connectivity index (χ0n) is 15.1. The van der Waals surface area contributed by atoms with E-state index in [1.54, 1.807) is 16.7 Å². The number of anilines is 1. The molecule has 2 amide bonds. The van der Waals surface area contributed by atoms with Crippen LogP contribution in [0.15, 0.2) is 23.2 Å². The molecule has 8 nitrogen and oxygen atoms in total. The monoisotopic (exact) mass is 388 g/mol. The summed E-state index contributed by atoms with van der Waals surface area (Å²) >= 11 is 1.61. The lowest BCUT2D eigenvalue weighted by Gasteiger charge is -2.16. The summed E-state index contributed by atoms with van der Waals surface area (Å²) in [4.78, 5) is 24.9. The molecule has 2 aliphatic rings. The normalized spacial score (nSPS) is 18.2. The number of carbonyl (C=O) groups excluding carboxylic acids is 2. The second-order valence-electron chi connectivity index (χ2n) is 6.42. The molecule has 3 heterocycles. The molecule has 0 radical (unpaired) electrons. The number of amides is 2. The van der Waals surface area contributed by atoms with Crippen molar-refractivity contribution >= 4 is 29.4 Å². The number of hydrogen-bond donors (Lipinski definition) is 2. The third-order valence-electron chi connectivity index (χ3n) is 4.63. The Morgan fingerprint density at radius 1 is 1.48 bits per heavy atom. The molecule has 142 valence electrons. The lowest BCUT2D eigenvalue weighted by Crippen LogP contribution is -2.33. The molecule has 0 saturated carbocycles. The SMILES string of the molecule is CSc1n[nH]c2c1CCOc1cc(N3CC(CNC(C)=O)OC3=O)ccc1-2. The van der Waals surface area contributed by atoms with Crippen LogP contribution in [0.25, 0.3) is 11.3 Å². The number of fused-ring (bicyclic) bond motifs is 3. The number of hydrogen-bond acceptors (Lipinski definition) is 6. The van der Waals surface area contributed by atoms with E-state index in [2.05, 4.69) is 15.5 Å². The van der Waals surface area contributed by atoms with Gasteiger partial charge in [-0.2, -0.15) is 5.10 Å². The van der Waals surface area contributed by atoms with Crippen LogP contribution in [0.3, 0.4) is 0 Å². The predicted molar refractivity (Wildman–Crippen MR) is 101 cm³/mol. The van der Waals surface area contributed by atoms with Crippen LogP contribution in [0.1, 0.15) is 12.5 Å². The first-order valence-corrected chi connectivity index (χ1v) is 9.90. The molecular formula is C18H20N4O4S. The molecule has 1 aromatic carbocycles. The van der Waals surface area contributed by atoms with Gasteiger partial charge < -0.3 is 14.8 Å². The molecule has 2 aliphatic heterocycles. The van der Waals surface area contributed by atoms with Gasteiger partial charge in [0.2, 0.25) is 5.91 Å². The van der Waals surface area contributed by atoms with Crippen molar-refractivity contribution in [3.8, 4) is 17.0 Å². The van der Waals surface area contributed by atoms with E-state index in [0.717, 1.165) is 28.3 Å². The van der Waals surface area contributed by atoms with E-state index in [-0.39, 0.29) is 12.0 Å². The van der Waals surface area contributed by atoms with Crippen molar-refractivity contribution in [1.82, 2.24) is 15.5 Å². The van der Waals surface area contributed by atoms with Crippen LogP contribution >= 0.6 is 11.8 Å². The summed E-state index contributed by atoms with van der Waals surface area (Å²) in [5.41, 5.74) is 3.76. The van der Waals surface area contributed by atoms with Crippen LogP contribution in [-0.4, -0.2) is 54.3 Å². The third kappa shape index (κ3) is 3.34. The maximum absolute atomic E-state index is 12.2. The van der Waals surface area contributed by atoms with E-state index in [9.17, 15) is 9.59 Å². The van der Waals surface area contributed by atoms with Crippen molar-refractivity contribution in [2.24, 2.45) is 0 Å². The summed E-state index contributed by atoms with van der Waals surface area (Å²) < 4.78 is 11.3. The van der Waals surface area contributed by atoms with Crippen LogP contribution < -0.4 is 15.0 Å². The van der Waals surface area contributed by atoms with Crippen LogP contribution in [0.2, 0.25) is 0 Å². The molecule has 0 spiro atoms. The summed E-state index contributed by atoms with van der Waals surface area (Å²) in [6.07, 6.45) is 1.98. The number of aromatic nitrogens is 2. The smallest absolute Gasteiger partial charge is 0.414 e. The Bertz CT molecular complexity index is 897. The highest BCUT2D eigenvalue weighted by atomic mass is 32.2. The number of H-pyrrole nitrogens is 1. The molecule has 1 saturated heterocycles. The Morgan fingerprint density at radius 3 is 3.11 bits per heavy atom. The fourth-order valence-corrected chi connectivity index (χ4v) is 3.92. The summed E-state index contributed by atoms with van der Waals surface area (Å²) in [5, 5.41) is 11.1. The fraction of sp³-hybridized carbons (Fsp3) is 0.389. The Labute approximate surface area is 160 Å². The zero-order valence-corrected chi connectivity index (χ0v) is 15.9. The van der Waals surface area contributed by atoms with Gasteiger partial charge in [-0.25, -0.2) is 4.79 Å². The molecule has 4 rings (SSSR count). The Balaban J connectivity index is 1.59. The number of carbonyl (C=O) groups is 2. The largest absolute Gasteiger partial charge is 0.492 e. The first-order valence-electron chi connectivity index (χ1n) is 8.68. The van der Waals surface area contributed by atoms with Gasteiger partial charge in [0.1, 0.15) is 16.9 Å². The number of cyclic esters (lactones) is 1. The molecule has 1 fully saturated rings. The minimum Gasteiger partial charge on any atom is -0.492 e. The molecule has 2 aromatic rings. The quantitative estimate of drug-likeness (QED) is 0.780. The molecule has 0 aliphatic carbocycles. The van der Waals surface area contributed by atoms with Crippen LogP contribution in [0, 0.1) is 0 Å². The fourth-order valence-electron chi connectivity index (χ4n) is 3.34. The molecule has 1 atom stereocenters. The van der Waals surface area contributed by atoms with Crippen molar-refractivity contribution in [2.75, 3.05) is 30.9 Å². The van der Waals surface area contributed by atoms with E-state index in [4.69, 9.17) is 9.47 Å². The lowest BCUT2D eigenvalue weighted by atomic mass is 10.1. The first-order chi connectivity index (χ1) is 13.1. The van der Waals surface area contributed by atoms with Gasteiger partial charge in [0, 0.05) is 30.5 Å². The van der Waals surface area contributed by atoms with Gasteiger partial charge in [0.05, 0.1) is 31.1 Å². The molecule has 1 unspecified atom stereocenters. The number of aromatic amines is 1. The first kappa shape index (κ1) is 17.7. The summed E-state index contributed by atoms with van der Waals surface area (Å²) in [5.74, 6) is 0.559. The van der Waals surface area contributed by atoms with E-state index in [0.29, 0.717) is 31.1 Å². The second kappa shape index (κ2) is 7.15. The number of ether oxygens (including phenoxy) is 2. The minimum absolute atomic E-state index is 0.150. The molecule has 0 bridgehead atoms. The molecule has 1 aromatic heterocycles. The Morgan fingerprint density at radius 2 is 2.33 bits per heavy atom. The average molecular weight is 388 g/mol. The summed E-state index contributed by atoms with van der Waals surface area (Å²) in [6.45, 7) is 2.66. The topological polar surface area (TPSA) is 96.6 Å². The van der Waals surface area contributed by atoms with E-state index in [1.807, 2.05) is 24.5 Å². The number of rotatable bonds is 4. The van der Waals surface area contributed by atoms with Gasteiger partial charge in [-0.05, 0) is 18.4 Å². The van der Waals surface area contributed by atoms with Crippen molar-refractivity contribution in [3.63, 3.8) is 0 Å². The van der Waals surface area contributed by atoms with Crippen molar-refractivity contribution in [2.45, 2.75) is 24.5 Å². The highest BCUT2D eigenvalue weighted by Crippen LogP contribution is 2.39. The average Bonchev–Trinajstić information content (AvgIpc) is 3.18. The third-order valence-corrected chi connectivity index (χ3v) is 5.36. The number of thioether (sulfide) groups is 1. The van der Waals surface area contributed by atoms with Gasteiger partial charge in [0.15, 0.2) is 0 Å². The van der Waals surface area contributed by atoms with Crippen molar-refractivity contribution < 1.29 is 19.1 Å². The van der Waals surface area contributed by atoms with Gasteiger partial charge >= 0.3 is 6.09 Å². The van der Waals surface area contributed by atoms with Gasteiger partial charge in [-0.3, -0.25) is 14.8 Å². The highest BCUT2D eigenvalue weighted by Gasteiger charge is 2.33. The van der Waals surface area contributed by atoms with Gasteiger partial charge in [-0.1, -0.05) is 0 Å².